The summed E-state index contributed by atoms with van der Waals surface area (Å²) in [5, 5.41) is 14.7. The van der Waals surface area contributed by atoms with Gasteiger partial charge in [0.2, 0.25) is 0 Å². The Morgan fingerprint density at radius 1 is 0.933 bits per heavy atom. The second kappa shape index (κ2) is 11.1. The van der Waals surface area contributed by atoms with Crippen molar-refractivity contribution in [1.29, 1.82) is 0 Å². The lowest BCUT2D eigenvalue weighted by Gasteiger charge is -2.17. The predicted octanol–water partition coefficient (Wildman–Crippen LogP) is 4.35. The third kappa shape index (κ3) is 6.12. The van der Waals surface area contributed by atoms with Gasteiger partial charge in [-0.2, -0.15) is 0 Å². The molecule has 1 heterocycles. The fourth-order valence-corrected chi connectivity index (χ4v) is 3.19. The molecule has 1 aromatic heterocycles. The Labute approximate surface area is 178 Å². The lowest BCUT2D eigenvalue weighted by atomic mass is 10.1. The zero-order valence-corrected chi connectivity index (χ0v) is 17.6. The summed E-state index contributed by atoms with van der Waals surface area (Å²) in [5.41, 5.74) is 3.26. The van der Waals surface area contributed by atoms with Crippen LogP contribution in [0, 0.1) is 0 Å². The Hall–Kier alpha value is -3.25. The van der Waals surface area contributed by atoms with Crippen molar-refractivity contribution in [2.24, 2.45) is 0 Å². The fourth-order valence-electron chi connectivity index (χ4n) is 3.19. The zero-order chi connectivity index (χ0) is 21.2. The van der Waals surface area contributed by atoms with E-state index in [9.17, 15) is 4.79 Å². The molecule has 0 saturated heterocycles. The number of hydrogen-bond donors (Lipinski definition) is 2. The number of aromatic nitrogens is 2. The largest absolute Gasteiger partial charge is 0.352 e. The first-order valence-corrected chi connectivity index (χ1v) is 10.5. The van der Waals surface area contributed by atoms with Crippen molar-refractivity contribution in [1.82, 2.24) is 20.4 Å². The van der Waals surface area contributed by atoms with Crippen LogP contribution in [-0.2, 0) is 0 Å². The summed E-state index contributed by atoms with van der Waals surface area (Å²) >= 11 is 0. The maximum atomic E-state index is 12.5. The number of anilines is 2. The molecule has 1 amide bonds. The second-order valence-electron chi connectivity index (χ2n) is 7.01. The summed E-state index contributed by atoms with van der Waals surface area (Å²) in [6.45, 7) is 8.03. The van der Waals surface area contributed by atoms with Crippen LogP contribution < -0.4 is 10.6 Å². The summed E-state index contributed by atoms with van der Waals surface area (Å²) in [5.74, 6) is 0.565. The van der Waals surface area contributed by atoms with Crippen LogP contribution in [0.25, 0.3) is 11.3 Å². The molecule has 2 aromatic carbocycles. The molecule has 0 unspecified atom stereocenters. The van der Waals surface area contributed by atoms with Crippen molar-refractivity contribution < 1.29 is 4.79 Å². The molecule has 30 heavy (non-hydrogen) atoms. The first-order valence-electron chi connectivity index (χ1n) is 10.5. The van der Waals surface area contributed by atoms with E-state index in [0.29, 0.717) is 17.9 Å². The Bertz CT molecular complexity index is 924. The van der Waals surface area contributed by atoms with Crippen molar-refractivity contribution in [3.63, 3.8) is 0 Å². The van der Waals surface area contributed by atoms with Crippen molar-refractivity contribution in [2.75, 3.05) is 31.5 Å². The fraction of sp³-hybridized carbons (Fsp3) is 0.292. The Morgan fingerprint density at radius 2 is 1.73 bits per heavy atom. The molecule has 3 rings (SSSR count). The molecule has 0 aliphatic carbocycles. The third-order valence-electron chi connectivity index (χ3n) is 4.96. The molecular weight excluding hydrogens is 374 g/mol. The second-order valence-corrected chi connectivity index (χ2v) is 7.01. The minimum Gasteiger partial charge on any atom is -0.352 e. The summed E-state index contributed by atoms with van der Waals surface area (Å²) in [7, 11) is 0. The highest BCUT2D eigenvalue weighted by Crippen LogP contribution is 2.19. The molecule has 2 N–H and O–H groups in total. The van der Waals surface area contributed by atoms with Crippen molar-refractivity contribution in [3.8, 4) is 11.3 Å². The standard InChI is InChI=1S/C24H29N5O/c1-3-29(4-2)17-9-16-25-24(30)20-12-8-13-21(18-20)26-23-15-14-22(27-28-23)19-10-6-5-7-11-19/h5-8,10-15,18H,3-4,9,16-17H2,1-2H3,(H,25,30)(H,26,28). The summed E-state index contributed by atoms with van der Waals surface area (Å²) in [6.07, 6.45) is 0.939. The van der Waals surface area contributed by atoms with Crippen LogP contribution in [0.3, 0.4) is 0 Å². The summed E-state index contributed by atoms with van der Waals surface area (Å²) < 4.78 is 0. The number of amides is 1. The van der Waals surface area contributed by atoms with Crippen LogP contribution in [0.4, 0.5) is 11.5 Å². The molecule has 0 fully saturated rings. The van der Waals surface area contributed by atoms with E-state index in [-0.39, 0.29) is 5.91 Å². The summed E-state index contributed by atoms with van der Waals surface area (Å²) in [4.78, 5) is 14.8. The van der Waals surface area contributed by atoms with Gasteiger partial charge in [-0.05, 0) is 56.4 Å². The topological polar surface area (TPSA) is 70.2 Å². The molecule has 0 atom stereocenters. The lowest BCUT2D eigenvalue weighted by Crippen LogP contribution is -2.29. The molecule has 0 radical (unpaired) electrons. The molecule has 0 spiro atoms. The number of rotatable bonds is 10. The average Bonchev–Trinajstić information content (AvgIpc) is 2.80. The molecule has 156 valence electrons. The van der Waals surface area contributed by atoms with Gasteiger partial charge in [0.1, 0.15) is 0 Å². The Balaban J connectivity index is 1.55. The van der Waals surface area contributed by atoms with E-state index in [1.165, 1.54) is 0 Å². The molecule has 3 aromatic rings. The van der Waals surface area contributed by atoms with E-state index >= 15 is 0 Å². The van der Waals surface area contributed by atoms with Crippen LogP contribution >= 0.6 is 0 Å². The van der Waals surface area contributed by atoms with Crippen LogP contribution in [0.2, 0.25) is 0 Å². The molecule has 6 heteroatoms. The van der Waals surface area contributed by atoms with Gasteiger partial charge < -0.3 is 15.5 Å². The molecule has 0 saturated carbocycles. The first-order chi connectivity index (χ1) is 14.7. The van der Waals surface area contributed by atoms with Crippen LogP contribution in [0.15, 0.2) is 66.7 Å². The van der Waals surface area contributed by atoms with Gasteiger partial charge >= 0.3 is 0 Å². The highest BCUT2D eigenvalue weighted by molar-refractivity contribution is 5.95. The van der Waals surface area contributed by atoms with E-state index in [1.54, 1.807) is 0 Å². The third-order valence-corrected chi connectivity index (χ3v) is 4.96. The monoisotopic (exact) mass is 403 g/mol. The normalized spacial score (nSPS) is 10.8. The maximum Gasteiger partial charge on any atom is 0.251 e. The number of hydrogen-bond acceptors (Lipinski definition) is 5. The average molecular weight is 404 g/mol. The molecule has 0 aliphatic heterocycles. The summed E-state index contributed by atoms with van der Waals surface area (Å²) in [6, 6.07) is 21.1. The SMILES string of the molecule is CCN(CC)CCCNC(=O)c1cccc(Nc2ccc(-c3ccccc3)nn2)c1. The van der Waals surface area contributed by atoms with Gasteiger partial charge in [0.05, 0.1) is 5.69 Å². The Kier molecular flexibility index (Phi) is 7.92. The number of carbonyl (C=O) groups is 1. The minimum absolute atomic E-state index is 0.0660. The van der Waals surface area contributed by atoms with Crippen molar-refractivity contribution >= 4 is 17.4 Å². The van der Waals surface area contributed by atoms with Gasteiger partial charge in [0.25, 0.3) is 5.91 Å². The molecular formula is C24H29N5O. The van der Waals surface area contributed by atoms with E-state index < -0.39 is 0 Å². The smallest absolute Gasteiger partial charge is 0.251 e. The van der Waals surface area contributed by atoms with Gasteiger partial charge in [0.15, 0.2) is 5.82 Å². The van der Waals surface area contributed by atoms with Crippen molar-refractivity contribution in [2.45, 2.75) is 20.3 Å². The molecule has 0 aliphatic rings. The lowest BCUT2D eigenvalue weighted by molar-refractivity contribution is 0.0952. The number of nitrogens with one attached hydrogen (secondary N) is 2. The van der Waals surface area contributed by atoms with Gasteiger partial charge in [-0.1, -0.05) is 50.2 Å². The van der Waals surface area contributed by atoms with E-state index in [4.69, 9.17) is 0 Å². The van der Waals surface area contributed by atoms with Gasteiger partial charge in [-0.15, -0.1) is 10.2 Å². The minimum atomic E-state index is -0.0660. The van der Waals surface area contributed by atoms with E-state index in [2.05, 4.69) is 39.6 Å². The van der Waals surface area contributed by atoms with Crippen LogP contribution in [0.5, 0.6) is 0 Å². The molecule has 0 bridgehead atoms. The Morgan fingerprint density at radius 3 is 2.43 bits per heavy atom. The first kappa shape index (κ1) is 21.5. The van der Waals surface area contributed by atoms with Gasteiger partial charge in [-0.3, -0.25) is 4.79 Å². The number of benzene rings is 2. The quantitative estimate of drug-likeness (QED) is 0.493. The highest BCUT2D eigenvalue weighted by atomic mass is 16.1. The zero-order valence-electron chi connectivity index (χ0n) is 17.6. The number of carbonyl (C=O) groups excluding carboxylic acids is 1. The van der Waals surface area contributed by atoms with Crippen LogP contribution in [0.1, 0.15) is 30.6 Å². The van der Waals surface area contributed by atoms with Gasteiger partial charge in [-0.25, -0.2) is 0 Å². The van der Waals surface area contributed by atoms with Crippen LogP contribution in [-0.4, -0.2) is 47.2 Å². The van der Waals surface area contributed by atoms with Gasteiger partial charge in [0, 0.05) is 23.4 Å². The molecule has 6 nitrogen and oxygen atoms in total. The van der Waals surface area contributed by atoms with E-state index in [0.717, 1.165) is 43.0 Å². The van der Waals surface area contributed by atoms with E-state index in [1.807, 2.05) is 66.7 Å². The predicted molar refractivity (Wildman–Crippen MR) is 122 cm³/mol. The maximum absolute atomic E-state index is 12.5. The number of nitrogens with zero attached hydrogens (tertiary/aromatic N) is 3. The highest BCUT2D eigenvalue weighted by Gasteiger charge is 2.07. The van der Waals surface area contributed by atoms with Crippen molar-refractivity contribution in [3.05, 3.63) is 72.3 Å².